The van der Waals surface area contributed by atoms with Crippen LogP contribution in [-0.2, 0) is 20.4 Å². The third-order valence-electron chi connectivity index (χ3n) is 5.13. The molecule has 0 radical (unpaired) electrons. The number of carbonyl (C=O) groups excluding carboxylic acids is 2. The van der Waals surface area contributed by atoms with Crippen LogP contribution in [-0.4, -0.2) is 68.3 Å². The van der Waals surface area contributed by atoms with Crippen LogP contribution in [0.25, 0.3) is 0 Å². The molecule has 1 aromatic rings. The van der Waals surface area contributed by atoms with Crippen molar-refractivity contribution < 1.29 is 32.2 Å². The Balaban J connectivity index is 2.13. The molecule has 2 amide bonds. The van der Waals surface area contributed by atoms with Gasteiger partial charge in [-0.25, -0.2) is 9.59 Å². The highest BCUT2D eigenvalue weighted by Crippen LogP contribution is 2.39. The van der Waals surface area contributed by atoms with Crippen LogP contribution in [0.2, 0.25) is 0 Å². The highest BCUT2D eigenvalue weighted by atomic mass is 19.4. The molecular formula is C20H24F3N3O4. The molecule has 2 heterocycles. The Bertz CT molecular complexity index is 835. The Morgan fingerprint density at radius 3 is 2.57 bits per heavy atom. The Kier molecular flexibility index (Phi) is 6.67. The molecule has 0 aromatic heterocycles. The number of esters is 1. The van der Waals surface area contributed by atoms with Gasteiger partial charge in [0, 0.05) is 32.4 Å². The van der Waals surface area contributed by atoms with Crippen molar-refractivity contribution in [1.29, 1.82) is 0 Å². The number of halogens is 3. The molecule has 2 aliphatic rings. The predicted octanol–water partition coefficient (Wildman–Crippen LogP) is 2.55. The molecular weight excluding hydrogens is 403 g/mol. The van der Waals surface area contributed by atoms with E-state index >= 15 is 0 Å². The first-order valence-electron chi connectivity index (χ1n) is 9.64. The number of alkyl halides is 3. The summed E-state index contributed by atoms with van der Waals surface area (Å²) >= 11 is 0. The number of amides is 2. The van der Waals surface area contributed by atoms with Crippen LogP contribution >= 0.6 is 0 Å². The molecule has 3 rings (SSSR count). The van der Waals surface area contributed by atoms with Gasteiger partial charge < -0.3 is 14.8 Å². The maximum absolute atomic E-state index is 13.6. The molecule has 1 saturated heterocycles. The van der Waals surface area contributed by atoms with Crippen LogP contribution in [0.3, 0.4) is 0 Å². The predicted molar refractivity (Wildman–Crippen MR) is 101 cm³/mol. The number of benzene rings is 1. The lowest BCUT2D eigenvalue weighted by molar-refractivity contribution is -0.141. The molecule has 0 aliphatic carbocycles. The largest absolute Gasteiger partial charge is 0.463 e. The van der Waals surface area contributed by atoms with E-state index in [-0.39, 0.29) is 24.3 Å². The third kappa shape index (κ3) is 4.59. The summed E-state index contributed by atoms with van der Waals surface area (Å²) in [4.78, 5) is 28.7. The topological polar surface area (TPSA) is 71.1 Å². The Morgan fingerprint density at radius 1 is 1.27 bits per heavy atom. The van der Waals surface area contributed by atoms with E-state index in [1.165, 1.54) is 30.1 Å². The molecule has 1 fully saturated rings. The second kappa shape index (κ2) is 9.05. The number of urea groups is 1. The molecule has 10 heteroatoms. The number of hydrogen-bond donors (Lipinski definition) is 1. The van der Waals surface area contributed by atoms with E-state index in [1.54, 1.807) is 6.92 Å². The average Bonchev–Trinajstić information content (AvgIpc) is 2.71. The molecule has 0 bridgehead atoms. The smallest absolute Gasteiger partial charge is 0.416 e. The van der Waals surface area contributed by atoms with E-state index in [0.717, 1.165) is 6.07 Å². The fourth-order valence-electron chi connectivity index (χ4n) is 3.61. The number of rotatable bonds is 5. The van der Waals surface area contributed by atoms with Gasteiger partial charge in [-0.05, 0) is 18.6 Å². The number of nitrogens with one attached hydrogen (secondary N) is 1. The van der Waals surface area contributed by atoms with Gasteiger partial charge in [-0.15, -0.1) is 0 Å². The fraction of sp³-hybridized carbons (Fsp3) is 0.500. The van der Waals surface area contributed by atoms with Crippen LogP contribution < -0.4 is 5.32 Å². The van der Waals surface area contributed by atoms with E-state index in [4.69, 9.17) is 9.47 Å². The molecule has 2 aliphatic heterocycles. The van der Waals surface area contributed by atoms with Crippen molar-refractivity contribution in [2.24, 2.45) is 0 Å². The van der Waals surface area contributed by atoms with Gasteiger partial charge in [0.15, 0.2) is 0 Å². The quantitative estimate of drug-likeness (QED) is 0.732. The maximum Gasteiger partial charge on any atom is 0.416 e. The van der Waals surface area contributed by atoms with E-state index in [0.29, 0.717) is 32.0 Å². The van der Waals surface area contributed by atoms with Crippen LogP contribution in [0, 0.1) is 0 Å². The van der Waals surface area contributed by atoms with Crippen molar-refractivity contribution in [2.45, 2.75) is 19.1 Å². The lowest BCUT2D eigenvalue weighted by Gasteiger charge is -2.38. The standard InChI is InChI=1S/C20H24F3N3O4/c1-3-30-18(27)16-15(12-26-8-10-29-11-9-26)25(2)19(28)24-17(16)13-6-4-5-7-14(13)20(21,22)23/h4-7,17H,3,8-12H2,1-2H3,(H,24,28). The second-order valence-electron chi connectivity index (χ2n) is 7.00. The minimum atomic E-state index is -4.64. The Hall–Kier alpha value is -2.59. The first-order valence-corrected chi connectivity index (χ1v) is 9.64. The molecule has 0 spiro atoms. The Morgan fingerprint density at radius 2 is 1.93 bits per heavy atom. The van der Waals surface area contributed by atoms with Gasteiger partial charge in [-0.2, -0.15) is 13.2 Å². The number of carbonyl (C=O) groups is 2. The maximum atomic E-state index is 13.6. The zero-order chi connectivity index (χ0) is 21.9. The van der Waals surface area contributed by atoms with Gasteiger partial charge in [0.25, 0.3) is 0 Å². The van der Waals surface area contributed by atoms with Crippen molar-refractivity contribution >= 4 is 12.0 Å². The second-order valence-corrected chi connectivity index (χ2v) is 7.00. The van der Waals surface area contributed by atoms with E-state index < -0.39 is 29.8 Å². The summed E-state index contributed by atoms with van der Waals surface area (Å²) in [5.74, 6) is -0.755. The van der Waals surface area contributed by atoms with E-state index in [9.17, 15) is 22.8 Å². The van der Waals surface area contributed by atoms with Crippen LogP contribution in [0.4, 0.5) is 18.0 Å². The van der Waals surface area contributed by atoms with E-state index in [1.807, 2.05) is 4.90 Å². The minimum Gasteiger partial charge on any atom is -0.463 e. The van der Waals surface area contributed by atoms with Crippen molar-refractivity contribution in [2.75, 3.05) is 46.5 Å². The third-order valence-corrected chi connectivity index (χ3v) is 5.13. The van der Waals surface area contributed by atoms with Crippen LogP contribution in [0.5, 0.6) is 0 Å². The first-order chi connectivity index (χ1) is 14.2. The molecule has 1 atom stereocenters. The SMILES string of the molecule is CCOC(=O)C1=C(CN2CCOCC2)N(C)C(=O)NC1c1ccccc1C(F)(F)F. The Labute approximate surface area is 172 Å². The number of nitrogens with zero attached hydrogens (tertiary/aromatic N) is 2. The summed E-state index contributed by atoms with van der Waals surface area (Å²) < 4.78 is 51.4. The van der Waals surface area contributed by atoms with Crippen molar-refractivity contribution in [3.8, 4) is 0 Å². The summed E-state index contributed by atoms with van der Waals surface area (Å²) in [6.07, 6.45) is -4.64. The first kappa shape index (κ1) is 22.1. The molecule has 164 valence electrons. The number of morpholine rings is 1. The molecule has 1 N–H and O–H groups in total. The van der Waals surface area contributed by atoms with Crippen molar-refractivity contribution in [3.05, 3.63) is 46.7 Å². The lowest BCUT2D eigenvalue weighted by atomic mass is 9.90. The summed E-state index contributed by atoms with van der Waals surface area (Å²) in [5.41, 5.74) is -0.787. The molecule has 0 saturated carbocycles. The summed E-state index contributed by atoms with van der Waals surface area (Å²) in [5, 5.41) is 2.54. The zero-order valence-electron chi connectivity index (χ0n) is 16.8. The lowest BCUT2D eigenvalue weighted by Crippen LogP contribution is -2.50. The van der Waals surface area contributed by atoms with Gasteiger partial charge in [0.05, 0.1) is 37.0 Å². The fourth-order valence-corrected chi connectivity index (χ4v) is 3.61. The number of hydrogen-bond acceptors (Lipinski definition) is 5. The minimum absolute atomic E-state index is 0.00198. The number of likely N-dealkylation sites (N-methyl/N-ethyl adjacent to an activating group) is 1. The van der Waals surface area contributed by atoms with Gasteiger partial charge in [0.2, 0.25) is 0 Å². The highest BCUT2D eigenvalue weighted by molar-refractivity contribution is 5.95. The normalized spacial score (nSPS) is 20.9. The van der Waals surface area contributed by atoms with Crippen LogP contribution in [0.1, 0.15) is 24.1 Å². The molecule has 1 aromatic carbocycles. The summed E-state index contributed by atoms with van der Waals surface area (Å²) in [7, 11) is 1.48. The average molecular weight is 427 g/mol. The van der Waals surface area contributed by atoms with Crippen molar-refractivity contribution in [3.63, 3.8) is 0 Å². The summed E-state index contributed by atoms with van der Waals surface area (Å²) in [6.45, 7) is 4.04. The highest BCUT2D eigenvalue weighted by Gasteiger charge is 2.42. The molecule has 30 heavy (non-hydrogen) atoms. The van der Waals surface area contributed by atoms with Gasteiger partial charge in [0.1, 0.15) is 0 Å². The molecule has 7 nitrogen and oxygen atoms in total. The van der Waals surface area contributed by atoms with Gasteiger partial charge >= 0.3 is 18.2 Å². The monoisotopic (exact) mass is 427 g/mol. The summed E-state index contributed by atoms with van der Waals surface area (Å²) in [6, 6.07) is 3.05. The van der Waals surface area contributed by atoms with Crippen LogP contribution in [0.15, 0.2) is 35.5 Å². The zero-order valence-corrected chi connectivity index (χ0v) is 16.8. The number of ether oxygens (including phenoxy) is 2. The van der Waals surface area contributed by atoms with E-state index in [2.05, 4.69) is 5.32 Å². The molecule has 1 unspecified atom stereocenters. The van der Waals surface area contributed by atoms with Gasteiger partial charge in [-0.1, -0.05) is 18.2 Å². The van der Waals surface area contributed by atoms with Crippen molar-refractivity contribution in [1.82, 2.24) is 15.1 Å². The van der Waals surface area contributed by atoms with Gasteiger partial charge in [-0.3, -0.25) is 9.80 Å².